The van der Waals surface area contributed by atoms with Crippen molar-refractivity contribution in [3.63, 3.8) is 0 Å². The first kappa shape index (κ1) is 18.1. The summed E-state index contributed by atoms with van der Waals surface area (Å²) in [5.41, 5.74) is 3.31. The molecule has 0 bridgehead atoms. The number of sulfonamides is 1. The molecule has 1 aromatic carbocycles. The zero-order valence-electron chi connectivity index (χ0n) is 13.1. The average molecular weight is 333 g/mol. The number of nitrogens with one attached hydrogen (secondary N) is 1. The van der Waals surface area contributed by atoms with Crippen LogP contribution in [0.5, 0.6) is 0 Å². The topological polar surface area (TPSA) is 80.3 Å². The van der Waals surface area contributed by atoms with Gasteiger partial charge >= 0.3 is 0 Å². The van der Waals surface area contributed by atoms with E-state index in [1.54, 1.807) is 13.8 Å². The molecular weight excluding hydrogens is 310 g/mol. The van der Waals surface area contributed by atoms with Gasteiger partial charge in [-0.3, -0.25) is 0 Å². The van der Waals surface area contributed by atoms with Crippen molar-refractivity contribution in [2.24, 2.45) is 0 Å². The first-order chi connectivity index (χ1) is 9.46. The molecule has 1 aromatic rings. The lowest BCUT2D eigenvalue weighted by Crippen LogP contribution is -2.28. The van der Waals surface area contributed by atoms with E-state index in [1.807, 2.05) is 19.9 Å². The number of aryl methyl sites for hydroxylation is 2. The summed E-state index contributed by atoms with van der Waals surface area (Å²) in [6.07, 6.45) is 1.40. The predicted molar refractivity (Wildman–Crippen MR) is 84.9 cm³/mol. The highest BCUT2D eigenvalue weighted by Crippen LogP contribution is 2.25. The molecule has 7 heteroatoms. The summed E-state index contributed by atoms with van der Waals surface area (Å²) in [5, 5.41) is 0. The van der Waals surface area contributed by atoms with E-state index in [2.05, 4.69) is 4.72 Å². The Balaban J connectivity index is 2.99. The summed E-state index contributed by atoms with van der Waals surface area (Å²) in [4.78, 5) is 0.305. The van der Waals surface area contributed by atoms with E-state index in [-0.39, 0.29) is 18.7 Å². The van der Waals surface area contributed by atoms with Gasteiger partial charge in [-0.2, -0.15) is 0 Å². The predicted octanol–water partition coefficient (Wildman–Crippen LogP) is 1.63. The average Bonchev–Trinajstić information content (AvgIpc) is 2.31. The van der Waals surface area contributed by atoms with Crippen LogP contribution in [-0.4, -0.2) is 35.4 Å². The third-order valence-corrected chi connectivity index (χ3v) is 6.31. The van der Waals surface area contributed by atoms with Crippen molar-refractivity contribution >= 4 is 19.9 Å². The van der Waals surface area contributed by atoms with Crippen LogP contribution in [0.3, 0.4) is 0 Å². The second kappa shape index (κ2) is 6.46. The molecule has 5 nitrogen and oxygen atoms in total. The van der Waals surface area contributed by atoms with Crippen molar-refractivity contribution in [3.05, 3.63) is 28.3 Å². The second-order valence-electron chi connectivity index (χ2n) is 5.47. The molecule has 21 heavy (non-hydrogen) atoms. The van der Waals surface area contributed by atoms with Crippen molar-refractivity contribution in [3.8, 4) is 0 Å². The molecule has 0 aromatic heterocycles. The monoisotopic (exact) mass is 333 g/mol. The van der Waals surface area contributed by atoms with Gasteiger partial charge < -0.3 is 0 Å². The van der Waals surface area contributed by atoms with E-state index in [9.17, 15) is 16.8 Å². The molecule has 0 radical (unpaired) electrons. The molecule has 0 saturated heterocycles. The molecule has 0 unspecified atom stereocenters. The highest BCUT2D eigenvalue weighted by Gasteiger charge is 2.21. The summed E-state index contributed by atoms with van der Waals surface area (Å²) in [5.74, 6) is -0.0275. The van der Waals surface area contributed by atoms with Crippen LogP contribution in [0.1, 0.15) is 28.7 Å². The number of hydrogen-bond acceptors (Lipinski definition) is 4. The van der Waals surface area contributed by atoms with Gasteiger partial charge in [-0.15, -0.1) is 0 Å². The molecule has 0 saturated carbocycles. The minimum Gasteiger partial charge on any atom is -0.229 e. The van der Waals surface area contributed by atoms with Crippen LogP contribution < -0.4 is 4.72 Å². The Hall–Kier alpha value is -0.920. The highest BCUT2D eigenvalue weighted by molar-refractivity contribution is 7.90. The molecule has 0 aliphatic carbocycles. The van der Waals surface area contributed by atoms with Crippen LogP contribution in [0.25, 0.3) is 0 Å². The number of benzene rings is 1. The van der Waals surface area contributed by atoms with Crippen LogP contribution in [0.15, 0.2) is 11.0 Å². The zero-order valence-corrected chi connectivity index (χ0v) is 14.8. The Kier molecular flexibility index (Phi) is 5.57. The largest absolute Gasteiger partial charge is 0.241 e. The van der Waals surface area contributed by atoms with E-state index < -0.39 is 19.9 Å². The maximum atomic E-state index is 12.4. The Bertz CT molecular complexity index is 708. The molecule has 0 aliphatic heterocycles. The quantitative estimate of drug-likeness (QED) is 0.803. The van der Waals surface area contributed by atoms with E-state index >= 15 is 0 Å². The smallest absolute Gasteiger partial charge is 0.229 e. The van der Waals surface area contributed by atoms with Crippen LogP contribution in [0, 0.1) is 27.7 Å². The standard InChI is InChI=1S/C14H23NO4S2/c1-10-9-11(2)13(4)14(12(10)3)21(18,19)15-7-6-8-20(5,16)17/h9,15H,6-8H2,1-5H3. The molecule has 0 fully saturated rings. The number of rotatable bonds is 6. The molecular formula is C14H23NO4S2. The van der Waals surface area contributed by atoms with E-state index in [0.29, 0.717) is 4.90 Å². The summed E-state index contributed by atoms with van der Waals surface area (Å²) in [6.45, 7) is 7.44. The fourth-order valence-corrected chi connectivity index (χ4v) is 4.55. The van der Waals surface area contributed by atoms with E-state index in [1.165, 1.54) is 0 Å². The van der Waals surface area contributed by atoms with Crippen LogP contribution in [0.2, 0.25) is 0 Å². The first-order valence-electron chi connectivity index (χ1n) is 6.70. The molecule has 120 valence electrons. The summed E-state index contributed by atoms with van der Waals surface area (Å²) in [6, 6.07) is 1.97. The number of hydrogen-bond donors (Lipinski definition) is 1. The third-order valence-electron chi connectivity index (χ3n) is 3.55. The van der Waals surface area contributed by atoms with Gasteiger partial charge in [-0.25, -0.2) is 21.6 Å². The first-order valence-corrected chi connectivity index (χ1v) is 10.2. The molecule has 1 rings (SSSR count). The van der Waals surface area contributed by atoms with Crippen molar-refractivity contribution in [1.82, 2.24) is 4.72 Å². The lowest BCUT2D eigenvalue weighted by molar-refractivity contribution is 0.576. The molecule has 0 amide bonds. The molecule has 0 atom stereocenters. The Labute approximate surface area is 127 Å². The van der Waals surface area contributed by atoms with Gasteiger partial charge in [-0.1, -0.05) is 6.07 Å². The SMILES string of the molecule is Cc1cc(C)c(C)c(S(=O)(=O)NCCCS(C)(=O)=O)c1C. The Morgan fingerprint density at radius 2 is 1.43 bits per heavy atom. The maximum absolute atomic E-state index is 12.4. The van der Waals surface area contributed by atoms with Crippen LogP contribution in [0.4, 0.5) is 0 Å². The van der Waals surface area contributed by atoms with Gasteiger partial charge in [0.25, 0.3) is 0 Å². The van der Waals surface area contributed by atoms with Gasteiger partial charge in [0.05, 0.1) is 10.6 Å². The lowest BCUT2D eigenvalue weighted by atomic mass is 10.0. The van der Waals surface area contributed by atoms with Gasteiger partial charge in [0.15, 0.2) is 0 Å². The summed E-state index contributed by atoms with van der Waals surface area (Å²) in [7, 11) is -6.70. The third kappa shape index (κ3) is 4.79. The number of sulfone groups is 1. The fourth-order valence-electron chi connectivity index (χ4n) is 2.20. The van der Waals surface area contributed by atoms with Gasteiger partial charge in [0.2, 0.25) is 10.0 Å². The van der Waals surface area contributed by atoms with Gasteiger partial charge in [0, 0.05) is 12.8 Å². The van der Waals surface area contributed by atoms with E-state index in [4.69, 9.17) is 0 Å². The van der Waals surface area contributed by atoms with E-state index in [0.717, 1.165) is 28.5 Å². The molecule has 0 spiro atoms. The van der Waals surface area contributed by atoms with Crippen LogP contribution in [-0.2, 0) is 19.9 Å². The Morgan fingerprint density at radius 3 is 1.86 bits per heavy atom. The normalized spacial score (nSPS) is 12.6. The Morgan fingerprint density at radius 1 is 0.952 bits per heavy atom. The zero-order chi connectivity index (χ0) is 16.4. The van der Waals surface area contributed by atoms with Gasteiger partial charge in [0.1, 0.15) is 9.84 Å². The van der Waals surface area contributed by atoms with Crippen molar-refractivity contribution in [1.29, 1.82) is 0 Å². The summed E-state index contributed by atoms with van der Waals surface area (Å²) >= 11 is 0. The minimum atomic E-state index is -3.63. The molecule has 0 aliphatic rings. The van der Waals surface area contributed by atoms with Crippen molar-refractivity contribution < 1.29 is 16.8 Å². The maximum Gasteiger partial charge on any atom is 0.241 e. The molecule has 0 heterocycles. The molecule has 1 N–H and O–H groups in total. The highest BCUT2D eigenvalue weighted by atomic mass is 32.2. The fraction of sp³-hybridized carbons (Fsp3) is 0.571. The minimum absolute atomic E-state index is 0.0275. The second-order valence-corrected chi connectivity index (χ2v) is 9.43. The van der Waals surface area contributed by atoms with Gasteiger partial charge in [-0.05, 0) is 56.4 Å². The lowest BCUT2D eigenvalue weighted by Gasteiger charge is -2.16. The van der Waals surface area contributed by atoms with Crippen molar-refractivity contribution in [2.45, 2.75) is 39.0 Å². The van der Waals surface area contributed by atoms with Crippen LogP contribution >= 0.6 is 0 Å². The summed E-state index contributed by atoms with van der Waals surface area (Å²) < 4.78 is 49.5. The van der Waals surface area contributed by atoms with Crippen molar-refractivity contribution in [2.75, 3.05) is 18.6 Å².